The summed E-state index contributed by atoms with van der Waals surface area (Å²) in [5, 5.41) is 77.3. The summed E-state index contributed by atoms with van der Waals surface area (Å²) in [7, 11) is 2.02. The number of benzene rings is 6. The highest BCUT2D eigenvalue weighted by Gasteiger charge is 2.36. The van der Waals surface area contributed by atoms with Gasteiger partial charge in [-0.15, -0.1) is 79.4 Å². The summed E-state index contributed by atoms with van der Waals surface area (Å²) in [6, 6.07) is 62.8. The van der Waals surface area contributed by atoms with Crippen molar-refractivity contribution in [2.45, 2.75) is 51.9 Å². The minimum atomic E-state index is -0.314. The van der Waals surface area contributed by atoms with Gasteiger partial charge in [0.15, 0.2) is 0 Å². The Balaban J connectivity index is 0.000000120. The summed E-state index contributed by atoms with van der Waals surface area (Å²) in [6.07, 6.45) is 0. The zero-order chi connectivity index (χ0) is 79.3. The molecule has 0 spiro atoms. The third kappa shape index (κ3) is 16.5. The minimum absolute atomic E-state index is 0.200. The zero-order valence-electron chi connectivity index (χ0n) is 60.9. The molecule has 18 rings (SSSR count). The molecule has 8 N–H and O–H groups in total. The molecule has 12 heterocycles. The second kappa shape index (κ2) is 33.7. The predicted octanol–water partition coefficient (Wildman–Crippen LogP) is 20.5. The smallest absolute Gasteiger partial charge is 0.319 e. The van der Waals surface area contributed by atoms with E-state index in [0.29, 0.717) is 22.3 Å². The van der Waals surface area contributed by atoms with E-state index in [-0.39, 0.29) is 48.3 Å². The van der Waals surface area contributed by atoms with Gasteiger partial charge in [0.25, 0.3) is 0 Å². The van der Waals surface area contributed by atoms with Crippen LogP contribution in [0.15, 0.2) is 235 Å². The molecule has 6 aromatic carbocycles. The van der Waals surface area contributed by atoms with Crippen LogP contribution in [0, 0.1) is 45.3 Å². The highest BCUT2D eigenvalue weighted by atomic mass is 79.9. The molecule has 21 nitrogen and oxygen atoms in total. The third-order valence-corrected chi connectivity index (χ3v) is 26.3. The number of carbonyl (C=O) groups is 4. The van der Waals surface area contributed by atoms with Crippen molar-refractivity contribution >= 4 is 163 Å². The lowest BCUT2D eigenvalue weighted by Crippen LogP contribution is -2.43. The lowest BCUT2D eigenvalue weighted by atomic mass is 10.00. The SMILES string of the molecule is CC1=C(c2nc(-c3ccc(C#N)cc3)cs2)C(c2cc(Br)cs2)NC(=O)N1.CC1=C(c2nc(-c3ccc(C#N)cc3)cs2)C(c2cc3ccccc3n2C)NC(=O)N1.CC1=C(c2nc(-c3ccc(C#N)cc3)cs2)C(c2cc3ccccc3s2)NC(=O)N1.CC1=C(c2nc(-c3ccc(C#N)cc3)cs2)C(c2cccs2)NC(=O)N1. The van der Waals surface area contributed by atoms with Crippen LogP contribution in [0.1, 0.15) is 114 Å². The Morgan fingerprint density at radius 1 is 0.377 bits per heavy atom. The molecule has 8 amide bonds. The van der Waals surface area contributed by atoms with E-state index in [2.05, 4.69) is 124 Å². The van der Waals surface area contributed by atoms with E-state index < -0.39 is 0 Å². The first-order valence-corrected chi connectivity index (χ1v) is 42.1. The maximum atomic E-state index is 12.3. The minimum Gasteiger partial charge on any atom is -0.345 e. The molecule has 4 atom stereocenters. The van der Waals surface area contributed by atoms with Crippen molar-refractivity contribution in [3.63, 3.8) is 0 Å². The van der Waals surface area contributed by atoms with Crippen LogP contribution in [0.2, 0.25) is 0 Å². The molecule has 29 heteroatoms. The summed E-state index contributed by atoms with van der Waals surface area (Å²) >= 11 is 14.5. The van der Waals surface area contributed by atoms with Gasteiger partial charge in [-0.3, -0.25) is 0 Å². The first-order valence-electron chi connectivity index (χ1n) is 35.2. The summed E-state index contributed by atoms with van der Waals surface area (Å²) < 4.78 is 4.30. The van der Waals surface area contributed by atoms with Crippen LogP contribution < -0.4 is 42.5 Å². The van der Waals surface area contributed by atoms with Crippen LogP contribution in [0.5, 0.6) is 0 Å². The average molecular weight is 1690 g/mol. The van der Waals surface area contributed by atoms with Crippen LogP contribution in [0.25, 0.3) is 88.3 Å². The molecular weight excluding hydrogens is 1630 g/mol. The van der Waals surface area contributed by atoms with E-state index in [1.54, 1.807) is 117 Å². The van der Waals surface area contributed by atoms with Gasteiger partial charge in [-0.25, -0.2) is 39.1 Å². The van der Waals surface area contributed by atoms with E-state index in [4.69, 9.17) is 41.0 Å². The van der Waals surface area contributed by atoms with E-state index in [9.17, 15) is 19.2 Å². The van der Waals surface area contributed by atoms with E-state index in [0.717, 1.165) is 146 Å². The van der Waals surface area contributed by atoms with Gasteiger partial charge in [-0.05, 0) is 145 Å². The number of rotatable bonds is 12. The molecule has 0 fully saturated rings. The Hall–Kier alpha value is -12.8. The van der Waals surface area contributed by atoms with Crippen molar-refractivity contribution < 1.29 is 19.2 Å². The van der Waals surface area contributed by atoms with Gasteiger partial charge >= 0.3 is 24.1 Å². The molecule has 0 saturated carbocycles. The normalized spacial score (nSPS) is 16.4. The molecule has 0 radical (unpaired) electrons. The largest absolute Gasteiger partial charge is 0.345 e. The molecular formula is C85H62BrN17O4S7. The number of allylic oxidation sites excluding steroid dienone is 4. The van der Waals surface area contributed by atoms with Crippen LogP contribution >= 0.6 is 95.3 Å². The van der Waals surface area contributed by atoms with Gasteiger partial charge < -0.3 is 47.1 Å². The Kier molecular flexibility index (Phi) is 22.6. The molecule has 560 valence electrons. The predicted molar refractivity (Wildman–Crippen MR) is 458 cm³/mol. The maximum Gasteiger partial charge on any atom is 0.319 e. The summed E-state index contributed by atoms with van der Waals surface area (Å²) in [5.74, 6) is 0. The molecule has 4 unspecified atom stereocenters. The third-order valence-electron chi connectivity index (χ3n) is 19.0. The molecule has 114 heavy (non-hydrogen) atoms. The summed E-state index contributed by atoms with van der Waals surface area (Å²) in [6.45, 7) is 7.62. The van der Waals surface area contributed by atoms with Gasteiger partial charge in [-0.1, -0.05) is 91.0 Å². The number of aromatic nitrogens is 5. The Morgan fingerprint density at radius 3 is 1.10 bits per heavy atom. The number of aryl methyl sites for hydroxylation is 1. The second-order valence-corrected chi connectivity index (χ2v) is 33.6. The average Bonchev–Trinajstić information content (AvgIpc) is 1.60. The van der Waals surface area contributed by atoms with E-state index >= 15 is 0 Å². The monoisotopic (exact) mass is 1690 g/mol. The number of hydrogen-bond acceptors (Lipinski definition) is 19. The fourth-order valence-electron chi connectivity index (χ4n) is 13.4. The molecule has 0 aliphatic carbocycles. The number of halogens is 1. The number of nitrogens with one attached hydrogen (secondary N) is 8. The molecule has 4 aliphatic rings. The number of thiazole rings is 4. The number of para-hydroxylation sites is 1. The lowest BCUT2D eigenvalue weighted by molar-refractivity contribution is 0.239. The highest BCUT2D eigenvalue weighted by molar-refractivity contribution is 9.10. The number of nitrogens with zero attached hydrogens (tertiary/aromatic N) is 9. The first kappa shape index (κ1) is 76.6. The van der Waals surface area contributed by atoms with Crippen molar-refractivity contribution in [3.8, 4) is 69.3 Å². The zero-order valence-corrected chi connectivity index (χ0v) is 68.2. The van der Waals surface area contributed by atoms with Crippen LogP contribution in [0.3, 0.4) is 0 Å². The number of thiophene rings is 3. The summed E-state index contributed by atoms with van der Waals surface area (Å²) in [5.41, 5.74) is 18.9. The topological polar surface area (TPSA) is 316 Å². The van der Waals surface area contributed by atoms with Crippen LogP contribution in [0.4, 0.5) is 19.2 Å². The van der Waals surface area contributed by atoms with Gasteiger partial charge in [0.2, 0.25) is 0 Å². The fourth-order valence-corrected chi connectivity index (χ4v) is 20.7. The summed E-state index contributed by atoms with van der Waals surface area (Å²) in [4.78, 5) is 71.1. The van der Waals surface area contributed by atoms with E-state index in [1.165, 1.54) is 21.4 Å². The highest BCUT2D eigenvalue weighted by Crippen LogP contribution is 2.45. The Labute approximate surface area is 690 Å². The Morgan fingerprint density at radius 2 is 0.737 bits per heavy atom. The lowest BCUT2D eigenvalue weighted by Gasteiger charge is -2.28. The van der Waals surface area contributed by atoms with Crippen molar-refractivity contribution in [1.29, 1.82) is 21.0 Å². The fraction of sp³-hybridized carbons (Fsp3) is 0.106. The molecule has 14 aromatic rings. The standard InChI is InChI=1S/C24H19N5OS.C23H16N4OS2.C19H13BrN4OS2.C19H14N4OS2/c1-14-21(23-27-18(13-31-23)16-9-7-15(12-25)8-10-16)22(28-24(30)26-14)20-11-17-5-3-4-6-19(17)29(20)2;1-13-20(22-26-17(12-29-22)15-8-6-14(11-24)7-9-15)21(27-23(28)25-13)19-10-16-4-2-3-5-18(16)30-19;1-10-16(17(24-19(25)22-10)15-6-13(20)8-26-15)18-23-14(9-27-18)12-4-2-11(7-21)3-5-12;1-11-16(17(23-19(24)21-11)15-3-2-8-25-15)18-22-14(10-26-18)13-6-4-12(9-20)5-7-13/h3-11,13,22H,1-2H3,(H2,26,28,30);2-10,12,21H,1H3,(H2,25,27,28);2-6,8-9,17H,1H3,(H2,22,24,25);2-8,10,17H,1H3,(H2,21,23,24). The van der Waals surface area contributed by atoms with Gasteiger partial charge in [0.1, 0.15) is 26.1 Å². The van der Waals surface area contributed by atoms with E-state index in [1.807, 2.05) is 158 Å². The van der Waals surface area contributed by atoms with Crippen molar-refractivity contribution in [2.75, 3.05) is 0 Å². The number of hydrogen-bond donors (Lipinski definition) is 8. The number of fused-ring (bicyclic) bond motifs is 2. The number of carbonyl (C=O) groups excluding carboxylic acids is 4. The van der Waals surface area contributed by atoms with Crippen molar-refractivity contribution in [1.82, 2.24) is 67.0 Å². The quantitative estimate of drug-likeness (QED) is 0.0566. The maximum absolute atomic E-state index is 12.3. The molecule has 0 bridgehead atoms. The van der Waals surface area contributed by atoms with Crippen LogP contribution in [-0.2, 0) is 7.05 Å². The number of urea groups is 4. The van der Waals surface area contributed by atoms with Crippen molar-refractivity contribution in [2.24, 2.45) is 7.05 Å². The number of nitriles is 4. The molecule has 0 saturated heterocycles. The molecule has 4 aliphatic heterocycles. The first-order chi connectivity index (χ1) is 55.4. The van der Waals surface area contributed by atoms with Gasteiger partial charge in [0.05, 0.1) is 87.4 Å². The van der Waals surface area contributed by atoms with Gasteiger partial charge in [-0.2, -0.15) is 21.0 Å². The van der Waals surface area contributed by atoms with Crippen LogP contribution in [-0.4, -0.2) is 48.6 Å². The second-order valence-electron chi connectivity index (χ2n) is 26.2. The Bertz CT molecular complexity index is 6350. The van der Waals surface area contributed by atoms with Crippen molar-refractivity contribution in [3.05, 3.63) is 298 Å². The van der Waals surface area contributed by atoms with Gasteiger partial charge in [0, 0.05) is 136 Å². The molecule has 8 aromatic heterocycles. The number of amides is 8.